The van der Waals surface area contributed by atoms with Crippen molar-refractivity contribution < 1.29 is 13.2 Å². The van der Waals surface area contributed by atoms with Crippen LogP contribution in [0, 0.1) is 5.41 Å². The summed E-state index contributed by atoms with van der Waals surface area (Å²) in [6.07, 6.45) is 5.75. The van der Waals surface area contributed by atoms with Gasteiger partial charge in [-0.05, 0) is 44.2 Å². The van der Waals surface area contributed by atoms with Crippen molar-refractivity contribution in [1.29, 1.82) is 0 Å². The molecule has 5 nitrogen and oxygen atoms in total. The molecule has 0 aromatic heterocycles. The van der Waals surface area contributed by atoms with Gasteiger partial charge in [-0.1, -0.05) is 19.8 Å². The van der Waals surface area contributed by atoms with Crippen molar-refractivity contribution >= 4 is 28.2 Å². The van der Waals surface area contributed by atoms with Crippen LogP contribution in [0.2, 0.25) is 0 Å². The third-order valence-corrected chi connectivity index (χ3v) is 7.21. The molecule has 1 saturated heterocycles. The highest BCUT2D eigenvalue weighted by atomic mass is 35.5. The first-order valence-corrected chi connectivity index (χ1v) is 9.82. The van der Waals surface area contributed by atoms with Crippen LogP contribution in [0.5, 0.6) is 0 Å². The van der Waals surface area contributed by atoms with E-state index in [-0.39, 0.29) is 41.2 Å². The summed E-state index contributed by atoms with van der Waals surface area (Å²) in [7, 11) is -3.08. The fraction of sp³-hybridized carbons (Fsp3) is 0.933. The Bertz CT molecular complexity index is 455. The van der Waals surface area contributed by atoms with Gasteiger partial charge in [0.15, 0.2) is 9.84 Å². The van der Waals surface area contributed by atoms with Crippen LogP contribution in [0.4, 0.5) is 0 Å². The predicted octanol–water partition coefficient (Wildman–Crippen LogP) is 1.66. The Balaban J connectivity index is 0.00000242. The van der Waals surface area contributed by atoms with Crippen LogP contribution in [0.3, 0.4) is 0 Å². The number of carbonyl (C=O) groups is 1. The van der Waals surface area contributed by atoms with E-state index in [0.717, 1.165) is 51.6 Å². The topological polar surface area (TPSA) is 75.3 Å². The molecule has 1 aliphatic carbocycles. The fourth-order valence-electron chi connectivity index (χ4n) is 3.26. The fourth-order valence-corrected chi connectivity index (χ4v) is 5.11. The second-order valence-corrected chi connectivity index (χ2v) is 9.26. The van der Waals surface area contributed by atoms with E-state index in [4.69, 9.17) is 0 Å². The third kappa shape index (κ3) is 5.70. The summed E-state index contributed by atoms with van der Waals surface area (Å²) < 4.78 is 24.2. The molecule has 1 heterocycles. The highest BCUT2D eigenvalue weighted by Crippen LogP contribution is 2.27. The first kappa shape index (κ1) is 19.7. The van der Waals surface area contributed by atoms with Gasteiger partial charge in [0.05, 0.1) is 11.0 Å². The zero-order valence-electron chi connectivity index (χ0n) is 13.4. The van der Waals surface area contributed by atoms with Gasteiger partial charge in [0.2, 0.25) is 5.91 Å². The number of hydrogen-bond donors (Lipinski definition) is 2. The molecule has 0 spiro atoms. The van der Waals surface area contributed by atoms with Gasteiger partial charge in [-0.15, -0.1) is 12.4 Å². The van der Waals surface area contributed by atoms with Crippen LogP contribution in [0.15, 0.2) is 0 Å². The average molecular weight is 353 g/mol. The van der Waals surface area contributed by atoms with Crippen molar-refractivity contribution in [2.75, 3.05) is 25.4 Å². The van der Waals surface area contributed by atoms with Gasteiger partial charge < -0.3 is 10.6 Å². The van der Waals surface area contributed by atoms with E-state index in [9.17, 15) is 13.2 Å². The van der Waals surface area contributed by atoms with E-state index < -0.39 is 9.84 Å². The predicted molar refractivity (Wildman–Crippen MR) is 91.1 cm³/mol. The summed E-state index contributed by atoms with van der Waals surface area (Å²) in [6, 6.07) is 0. The molecule has 2 rings (SSSR count). The van der Waals surface area contributed by atoms with E-state index in [1.807, 2.05) is 0 Å². The zero-order chi connectivity index (χ0) is 15.3. The standard InChI is InChI=1S/C15H28N2O3S.ClH/c1-15(7-9-16-10-8-15)12-17-14(18)6-11-21(19,20)13-4-2-3-5-13;/h13,16H,2-12H2,1H3,(H,17,18);1H. The van der Waals surface area contributed by atoms with Gasteiger partial charge in [-0.25, -0.2) is 8.42 Å². The van der Waals surface area contributed by atoms with Crippen LogP contribution < -0.4 is 10.6 Å². The zero-order valence-corrected chi connectivity index (χ0v) is 15.0. The highest BCUT2D eigenvalue weighted by molar-refractivity contribution is 7.92. The van der Waals surface area contributed by atoms with E-state index in [0.29, 0.717) is 6.54 Å². The average Bonchev–Trinajstić information content (AvgIpc) is 2.99. The molecule has 130 valence electrons. The van der Waals surface area contributed by atoms with Gasteiger partial charge >= 0.3 is 0 Å². The van der Waals surface area contributed by atoms with Crippen molar-refractivity contribution in [3.63, 3.8) is 0 Å². The van der Waals surface area contributed by atoms with Crippen LogP contribution in [-0.2, 0) is 14.6 Å². The second kappa shape index (κ2) is 8.50. The lowest BCUT2D eigenvalue weighted by molar-refractivity contribution is -0.121. The lowest BCUT2D eigenvalue weighted by Gasteiger charge is -2.34. The smallest absolute Gasteiger partial charge is 0.221 e. The minimum atomic E-state index is -3.08. The van der Waals surface area contributed by atoms with Gasteiger partial charge in [-0.2, -0.15) is 0 Å². The molecule has 7 heteroatoms. The van der Waals surface area contributed by atoms with Crippen LogP contribution in [0.25, 0.3) is 0 Å². The van der Waals surface area contributed by atoms with Crippen LogP contribution >= 0.6 is 12.4 Å². The summed E-state index contributed by atoms with van der Waals surface area (Å²) in [6.45, 7) is 4.81. The summed E-state index contributed by atoms with van der Waals surface area (Å²) >= 11 is 0. The van der Waals surface area contributed by atoms with Gasteiger partial charge in [-0.3, -0.25) is 4.79 Å². The Morgan fingerprint density at radius 1 is 1.23 bits per heavy atom. The Morgan fingerprint density at radius 2 is 1.82 bits per heavy atom. The van der Waals surface area contributed by atoms with Gasteiger partial charge in [0.1, 0.15) is 0 Å². The number of sulfone groups is 1. The first-order chi connectivity index (χ1) is 9.91. The Kier molecular flexibility index (Phi) is 7.62. The third-order valence-electron chi connectivity index (χ3n) is 4.95. The molecule has 0 bridgehead atoms. The van der Waals surface area contributed by atoms with Crippen molar-refractivity contribution in [2.45, 2.75) is 57.1 Å². The largest absolute Gasteiger partial charge is 0.356 e. The van der Waals surface area contributed by atoms with E-state index >= 15 is 0 Å². The molecule has 0 aromatic rings. The maximum Gasteiger partial charge on any atom is 0.221 e. The maximum atomic E-state index is 12.1. The number of hydrogen-bond acceptors (Lipinski definition) is 4. The van der Waals surface area contributed by atoms with Gasteiger partial charge in [0.25, 0.3) is 0 Å². The van der Waals surface area contributed by atoms with Crippen LogP contribution in [0.1, 0.15) is 51.9 Å². The molecule has 22 heavy (non-hydrogen) atoms. The van der Waals surface area contributed by atoms with E-state index in [2.05, 4.69) is 17.6 Å². The molecule has 1 saturated carbocycles. The number of nitrogens with one attached hydrogen (secondary N) is 2. The molecule has 1 aliphatic heterocycles. The molecule has 2 aliphatic rings. The van der Waals surface area contributed by atoms with Crippen molar-refractivity contribution in [3.8, 4) is 0 Å². The molecule has 0 atom stereocenters. The minimum Gasteiger partial charge on any atom is -0.356 e. The summed E-state index contributed by atoms with van der Waals surface area (Å²) in [4.78, 5) is 11.9. The SMILES string of the molecule is CC1(CNC(=O)CCS(=O)(=O)C2CCCC2)CCNCC1.Cl. The molecular formula is C15H29ClN2O3S. The molecule has 0 unspecified atom stereocenters. The summed E-state index contributed by atoms with van der Waals surface area (Å²) in [5, 5.41) is 6.04. The number of rotatable bonds is 6. The maximum absolute atomic E-state index is 12.1. The quantitative estimate of drug-likeness (QED) is 0.762. The highest BCUT2D eigenvalue weighted by Gasteiger charge is 2.30. The Morgan fingerprint density at radius 3 is 2.41 bits per heavy atom. The lowest BCUT2D eigenvalue weighted by atomic mass is 9.81. The number of amides is 1. The lowest BCUT2D eigenvalue weighted by Crippen LogP contribution is -2.43. The van der Waals surface area contributed by atoms with Crippen molar-refractivity contribution in [1.82, 2.24) is 10.6 Å². The molecule has 2 fully saturated rings. The van der Waals surface area contributed by atoms with Crippen molar-refractivity contribution in [2.24, 2.45) is 5.41 Å². The Labute approximate surface area is 140 Å². The number of carbonyl (C=O) groups excluding carboxylic acids is 1. The molecular weight excluding hydrogens is 324 g/mol. The van der Waals surface area contributed by atoms with E-state index in [1.54, 1.807) is 0 Å². The number of piperidine rings is 1. The molecule has 1 amide bonds. The summed E-state index contributed by atoms with van der Waals surface area (Å²) in [5.41, 5.74) is 0.144. The minimum absolute atomic E-state index is 0. The molecule has 0 radical (unpaired) electrons. The second-order valence-electron chi connectivity index (χ2n) is 6.86. The molecule has 2 N–H and O–H groups in total. The normalized spacial score (nSPS) is 22.0. The Hall–Kier alpha value is -0.330. The van der Waals surface area contributed by atoms with Crippen molar-refractivity contribution in [3.05, 3.63) is 0 Å². The molecule has 0 aromatic carbocycles. The first-order valence-electron chi connectivity index (χ1n) is 8.10. The van der Waals surface area contributed by atoms with Crippen LogP contribution in [-0.4, -0.2) is 45.0 Å². The van der Waals surface area contributed by atoms with Gasteiger partial charge in [0, 0.05) is 13.0 Å². The monoisotopic (exact) mass is 352 g/mol. The van der Waals surface area contributed by atoms with E-state index in [1.165, 1.54) is 0 Å². The summed E-state index contributed by atoms with van der Waals surface area (Å²) in [5.74, 6) is -0.127. The number of halogens is 1.